The third-order valence-electron chi connectivity index (χ3n) is 3.82. The highest BCUT2D eigenvalue weighted by Gasteiger charge is 2.36. The summed E-state index contributed by atoms with van der Waals surface area (Å²) in [6.45, 7) is 4.03. The first-order chi connectivity index (χ1) is 9.41. The molecule has 0 aliphatic carbocycles. The van der Waals surface area contributed by atoms with Gasteiger partial charge in [0.25, 0.3) is 0 Å². The van der Waals surface area contributed by atoms with Crippen LogP contribution in [0.1, 0.15) is 25.0 Å². The summed E-state index contributed by atoms with van der Waals surface area (Å²) in [5.41, 5.74) is 7.87. The number of rotatable bonds is 3. The number of carbonyl (C=O) groups is 2. The molecule has 0 radical (unpaired) electrons. The molecule has 0 spiro atoms. The molecular formula is C15H20N2O3. The molecule has 0 aromatic heterocycles. The van der Waals surface area contributed by atoms with Crippen LogP contribution >= 0.6 is 0 Å². The molecule has 1 aliphatic heterocycles. The van der Waals surface area contributed by atoms with E-state index in [0.717, 1.165) is 11.1 Å². The van der Waals surface area contributed by atoms with E-state index in [-0.39, 0.29) is 11.8 Å². The number of hydrogen-bond donors (Lipinski definition) is 2. The SMILES string of the molecule is CC(C)C(N)C(=O)N1Cc2ccccc2CC1C(=O)O. The van der Waals surface area contributed by atoms with Gasteiger partial charge >= 0.3 is 5.97 Å². The van der Waals surface area contributed by atoms with E-state index in [1.807, 2.05) is 38.1 Å². The number of nitrogens with two attached hydrogens (primary N) is 1. The van der Waals surface area contributed by atoms with Crippen molar-refractivity contribution in [3.05, 3.63) is 35.4 Å². The summed E-state index contributed by atoms with van der Waals surface area (Å²) in [5, 5.41) is 9.37. The molecule has 20 heavy (non-hydrogen) atoms. The van der Waals surface area contributed by atoms with Gasteiger partial charge in [-0.15, -0.1) is 0 Å². The van der Waals surface area contributed by atoms with Gasteiger partial charge in [0.15, 0.2) is 0 Å². The molecule has 1 aromatic rings. The zero-order valence-corrected chi connectivity index (χ0v) is 11.7. The lowest BCUT2D eigenvalue weighted by atomic mass is 9.92. The topological polar surface area (TPSA) is 83.6 Å². The van der Waals surface area contributed by atoms with E-state index >= 15 is 0 Å². The second-order valence-electron chi connectivity index (χ2n) is 5.56. The Labute approximate surface area is 118 Å². The number of hydrogen-bond acceptors (Lipinski definition) is 3. The third-order valence-corrected chi connectivity index (χ3v) is 3.82. The van der Waals surface area contributed by atoms with Gasteiger partial charge in [-0.3, -0.25) is 4.79 Å². The van der Waals surface area contributed by atoms with E-state index in [9.17, 15) is 14.7 Å². The molecule has 2 unspecified atom stereocenters. The average Bonchev–Trinajstić information content (AvgIpc) is 2.44. The summed E-state index contributed by atoms with van der Waals surface area (Å²) in [6, 6.07) is 6.12. The quantitative estimate of drug-likeness (QED) is 0.863. The summed E-state index contributed by atoms with van der Waals surface area (Å²) in [5.74, 6) is -1.29. The number of benzene rings is 1. The van der Waals surface area contributed by atoms with Crippen LogP contribution in [0.15, 0.2) is 24.3 Å². The molecular weight excluding hydrogens is 256 g/mol. The number of fused-ring (bicyclic) bond motifs is 1. The Morgan fingerprint density at radius 2 is 1.90 bits per heavy atom. The van der Waals surface area contributed by atoms with Crippen LogP contribution in [-0.4, -0.2) is 34.0 Å². The van der Waals surface area contributed by atoms with Gasteiger partial charge in [0, 0.05) is 13.0 Å². The minimum atomic E-state index is -0.983. The molecule has 0 bridgehead atoms. The normalized spacial score (nSPS) is 19.6. The van der Waals surface area contributed by atoms with Crippen LogP contribution in [0.25, 0.3) is 0 Å². The number of carboxylic acids is 1. The highest BCUT2D eigenvalue weighted by atomic mass is 16.4. The second-order valence-corrected chi connectivity index (χ2v) is 5.56. The summed E-state index contributed by atoms with van der Waals surface area (Å²) < 4.78 is 0. The van der Waals surface area contributed by atoms with Gasteiger partial charge in [0.05, 0.1) is 6.04 Å². The Morgan fingerprint density at radius 3 is 2.45 bits per heavy atom. The van der Waals surface area contributed by atoms with Crippen LogP contribution in [0, 0.1) is 5.92 Å². The van der Waals surface area contributed by atoms with E-state index in [1.165, 1.54) is 4.90 Å². The largest absolute Gasteiger partial charge is 0.480 e. The van der Waals surface area contributed by atoms with Gasteiger partial charge in [-0.25, -0.2) is 4.79 Å². The van der Waals surface area contributed by atoms with Crippen LogP contribution in [0.2, 0.25) is 0 Å². The molecule has 5 nitrogen and oxygen atoms in total. The highest BCUT2D eigenvalue weighted by Crippen LogP contribution is 2.24. The Morgan fingerprint density at radius 1 is 1.30 bits per heavy atom. The van der Waals surface area contributed by atoms with Crippen LogP contribution in [0.3, 0.4) is 0 Å². The number of aliphatic carboxylic acids is 1. The monoisotopic (exact) mass is 276 g/mol. The summed E-state index contributed by atoms with van der Waals surface area (Å²) in [6.07, 6.45) is 0.335. The van der Waals surface area contributed by atoms with Crippen molar-refractivity contribution in [2.24, 2.45) is 11.7 Å². The van der Waals surface area contributed by atoms with Crippen molar-refractivity contribution >= 4 is 11.9 Å². The molecule has 1 heterocycles. The smallest absolute Gasteiger partial charge is 0.326 e. The fourth-order valence-corrected chi connectivity index (χ4v) is 2.45. The van der Waals surface area contributed by atoms with Crippen LogP contribution in [0.5, 0.6) is 0 Å². The van der Waals surface area contributed by atoms with E-state index in [4.69, 9.17) is 5.73 Å². The summed E-state index contributed by atoms with van der Waals surface area (Å²) in [7, 11) is 0. The van der Waals surface area contributed by atoms with Gasteiger partial charge in [-0.05, 0) is 17.0 Å². The minimum Gasteiger partial charge on any atom is -0.480 e. The van der Waals surface area contributed by atoms with Crippen molar-refractivity contribution in [1.29, 1.82) is 0 Å². The number of amides is 1. The summed E-state index contributed by atoms with van der Waals surface area (Å²) in [4.78, 5) is 25.2. The minimum absolute atomic E-state index is 0.0193. The standard InChI is InChI=1S/C15H20N2O3/c1-9(2)13(16)14(18)17-8-11-6-4-3-5-10(11)7-12(17)15(19)20/h3-6,9,12-13H,7-8,16H2,1-2H3,(H,19,20). The maximum Gasteiger partial charge on any atom is 0.326 e. The van der Waals surface area contributed by atoms with Crippen molar-refractivity contribution in [2.75, 3.05) is 0 Å². The van der Waals surface area contributed by atoms with Crippen molar-refractivity contribution in [1.82, 2.24) is 4.90 Å². The van der Waals surface area contributed by atoms with Crippen molar-refractivity contribution in [3.63, 3.8) is 0 Å². The van der Waals surface area contributed by atoms with E-state index in [2.05, 4.69) is 0 Å². The molecule has 5 heteroatoms. The molecule has 0 saturated carbocycles. The van der Waals surface area contributed by atoms with Crippen molar-refractivity contribution in [2.45, 2.75) is 38.9 Å². The summed E-state index contributed by atoms with van der Waals surface area (Å²) >= 11 is 0. The lowest BCUT2D eigenvalue weighted by molar-refractivity contribution is -0.152. The van der Waals surface area contributed by atoms with Crippen LogP contribution < -0.4 is 5.73 Å². The third kappa shape index (κ3) is 2.67. The molecule has 0 fully saturated rings. The van der Waals surface area contributed by atoms with Crippen molar-refractivity contribution < 1.29 is 14.7 Å². The first-order valence-electron chi connectivity index (χ1n) is 6.77. The Kier molecular flexibility index (Phi) is 4.09. The molecule has 1 aliphatic rings. The number of nitrogens with zero attached hydrogens (tertiary/aromatic N) is 1. The predicted molar refractivity (Wildman–Crippen MR) is 74.9 cm³/mol. The Balaban J connectivity index is 2.31. The number of carboxylic acid groups (broad SMARTS) is 1. The lowest BCUT2D eigenvalue weighted by Crippen LogP contribution is -2.55. The van der Waals surface area contributed by atoms with Gasteiger partial charge in [-0.1, -0.05) is 38.1 Å². The zero-order chi connectivity index (χ0) is 14.9. The Hall–Kier alpha value is -1.88. The molecule has 1 amide bonds. The fourth-order valence-electron chi connectivity index (χ4n) is 2.45. The van der Waals surface area contributed by atoms with E-state index in [0.29, 0.717) is 13.0 Å². The number of carbonyl (C=O) groups excluding carboxylic acids is 1. The maximum atomic E-state index is 12.4. The lowest BCUT2D eigenvalue weighted by Gasteiger charge is -2.36. The first kappa shape index (κ1) is 14.5. The second kappa shape index (κ2) is 5.63. The molecule has 2 atom stereocenters. The molecule has 2 rings (SSSR count). The van der Waals surface area contributed by atoms with Gasteiger partial charge in [0.1, 0.15) is 6.04 Å². The van der Waals surface area contributed by atoms with Gasteiger partial charge in [0.2, 0.25) is 5.91 Å². The maximum absolute atomic E-state index is 12.4. The predicted octanol–water partition coefficient (Wildman–Crippen LogP) is 1.01. The van der Waals surface area contributed by atoms with Gasteiger partial charge < -0.3 is 15.7 Å². The molecule has 3 N–H and O–H groups in total. The van der Waals surface area contributed by atoms with Crippen molar-refractivity contribution in [3.8, 4) is 0 Å². The fraction of sp³-hybridized carbons (Fsp3) is 0.467. The molecule has 108 valence electrons. The first-order valence-corrected chi connectivity index (χ1v) is 6.77. The van der Waals surface area contributed by atoms with Crippen LogP contribution in [-0.2, 0) is 22.6 Å². The van der Waals surface area contributed by atoms with Crippen LogP contribution in [0.4, 0.5) is 0 Å². The van der Waals surface area contributed by atoms with E-state index in [1.54, 1.807) is 0 Å². The zero-order valence-electron chi connectivity index (χ0n) is 11.7. The molecule has 1 aromatic carbocycles. The van der Waals surface area contributed by atoms with Gasteiger partial charge in [-0.2, -0.15) is 0 Å². The molecule has 0 saturated heterocycles. The Bertz CT molecular complexity index is 528. The average molecular weight is 276 g/mol. The highest BCUT2D eigenvalue weighted by molar-refractivity contribution is 5.87. The van der Waals surface area contributed by atoms with E-state index < -0.39 is 18.1 Å².